The summed E-state index contributed by atoms with van der Waals surface area (Å²) < 4.78 is 0. The molecule has 1 aromatic heterocycles. The fourth-order valence-electron chi connectivity index (χ4n) is 2.00. The van der Waals surface area contributed by atoms with Crippen LogP contribution in [0.5, 0.6) is 0 Å². The van der Waals surface area contributed by atoms with Crippen molar-refractivity contribution in [3.63, 3.8) is 0 Å². The summed E-state index contributed by atoms with van der Waals surface area (Å²) in [6.45, 7) is 2.22. The van der Waals surface area contributed by atoms with Gasteiger partial charge in [0, 0.05) is 12.6 Å². The Hall–Kier alpha value is -1.83. The molecule has 94 valence electrons. The second kappa shape index (κ2) is 6.20. The number of hydrogen-bond acceptors (Lipinski definition) is 2. The lowest BCUT2D eigenvalue weighted by atomic mass is 10.0. The molecule has 0 unspecified atom stereocenters. The van der Waals surface area contributed by atoms with Crippen LogP contribution < -0.4 is 5.73 Å². The number of nitrogen functional groups attached to an aromatic ring is 1. The van der Waals surface area contributed by atoms with E-state index in [0.717, 1.165) is 17.8 Å². The summed E-state index contributed by atoms with van der Waals surface area (Å²) in [5, 5.41) is 0. The smallest absolute Gasteiger partial charge is 0.0676 e. The van der Waals surface area contributed by atoms with Crippen LogP contribution in [0.4, 0.5) is 5.69 Å². The lowest BCUT2D eigenvalue weighted by molar-refractivity contribution is 0.794. The summed E-state index contributed by atoms with van der Waals surface area (Å²) in [6, 6.07) is 12.6. The Kier molecular flexibility index (Phi) is 4.35. The molecule has 2 aromatic rings. The number of benzene rings is 1. The molecule has 0 amide bonds. The van der Waals surface area contributed by atoms with Gasteiger partial charge in [-0.1, -0.05) is 37.6 Å². The number of nitrogens with two attached hydrogens (primary N) is 1. The minimum absolute atomic E-state index is 0.771. The molecule has 0 saturated carbocycles. The lowest BCUT2D eigenvalue weighted by Crippen LogP contribution is -1.98. The van der Waals surface area contributed by atoms with Crippen molar-refractivity contribution in [2.45, 2.75) is 32.6 Å². The van der Waals surface area contributed by atoms with Gasteiger partial charge in [0.25, 0.3) is 0 Å². The predicted molar refractivity (Wildman–Crippen MR) is 76.5 cm³/mol. The van der Waals surface area contributed by atoms with Crippen LogP contribution in [0.1, 0.15) is 36.6 Å². The third-order valence-electron chi connectivity index (χ3n) is 3.14. The minimum Gasteiger partial charge on any atom is -0.397 e. The Labute approximate surface area is 109 Å². The molecule has 1 aromatic carbocycles. The molecule has 0 atom stereocenters. The Morgan fingerprint density at radius 1 is 1.06 bits per heavy atom. The summed E-state index contributed by atoms with van der Waals surface area (Å²) in [6.07, 6.45) is 6.27. The largest absolute Gasteiger partial charge is 0.397 e. The number of aromatic nitrogens is 1. The maximum atomic E-state index is 5.90. The fraction of sp³-hybridized carbons (Fsp3) is 0.312. The number of nitrogens with zero attached hydrogens (tertiary/aromatic N) is 1. The zero-order valence-electron chi connectivity index (χ0n) is 10.9. The van der Waals surface area contributed by atoms with E-state index in [-0.39, 0.29) is 0 Å². The fourth-order valence-corrected chi connectivity index (χ4v) is 2.00. The molecule has 0 aliphatic rings. The second-order valence-corrected chi connectivity index (χ2v) is 4.64. The molecule has 0 fully saturated rings. The van der Waals surface area contributed by atoms with Gasteiger partial charge in [0.15, 0.2) is 0 Å². The standard InChI is InChI=1S/C16H20N2/c1-2-3-5-13-7-9-14(10-8-13)12-16-15(17)6-4-11-18-16/h4,6-11H,2-3,5,12,17H2,1H3. The number of anilines is 1. The first-order chi connectivity index (χ1) is 8.79. The van der Waals surface area contributed by atoms with Gasteiger partial charge in [-0.05, 0) is 36.1 Å². The van der Waals surface area contributed by atoms with E-state index >= 15 is 0 Å². The van der Waals surface area contributed by atoms with Crippen LogP contribution >= 0.6 is 0 Å². The molecule has 2 nitrogen and oxygen atoms in total. The zero-order valence-corrected chi connectivity index (χ0v) is 10.9. The van der Waals surface area contributed by atoms with Gasteiger partial charge in [0.05, 0.1) is 11.4 Å². The summed E-state index contributed by atoms with van der Waals surface area (Å²) >= 11 is 0. The van der Waals surface area contributed by atoms with E-state index in [0.29, 0.717) is 0 Å². The first kappa shape index (κ1) is 12.6. The van der Waals surface area contributed by atoms with Gasteiger partial charge in [-0.15, -0.1) is 0 Å². The predicted octanol–water partition coefficient (Wildman–Crippen LogP) is 3.60. The van der Waals surface area contributed by atoms with E-state index in [1.54, 1.807) is 6.20 Å². The molecule has 2 N–H and O–H groups in total. The van der Waals surface area contributed by atoms with Gasteiger partial charge in [0.2, 0.25) is 0 Å². The van der Waals surface area contributed by atoms with Crippen molar-refractivity contribution in [3.8, 4) is 0 Å². The number of hydrogen-bond donors (Lipinski definition) is 1. The van der Waals surface area contributed by atoms with Crippen LogP contribution in [0.3, 0.4) is 0 Å². The highest BCUT2D eigenvalue weighted by atomic mass is 14.7. The minimum atomic E-state index is 0.771. The van der Waals surface area contributed by atoms with Crippen LogP contribution in [-0.4, -0.2) is 4.98 Å². The Bertz CT molecular complexity index is 489. The van der Waals surface area contributed by atoms with Crippen molar-refractivity contribution in [3.05, 3.63) is 59.4 Å². The Balaban J connectivity index is 2.04. The third-order valence-corrected chi connectivity index (χ3v) is 3.14. The van der Waals surface area contributed by atoms with Gasteiger partial charge < -0.3 is 5.73 Å². The normalized spacial score (nSPS) is 10.5. The van der Waals surface area contributed by atoms with E-state index in [9.17, 15) is 0 Å². The topological polar surface area (TPSA) is 38.9 Å². The van der Waals surface area contributed by atoms with Gasteiger partial charge in [-0.3, -0.25) is 4.98 Å². The Morgan fingerprint density at radius 3 is 2.44 bits per heavy atom. The highest BCUT2D eigenvalue weighted by Gasteiger charge is 2.01. The van der Waals surface area contributed by atoms with Crippen molar-refractivity contribution >= 4 is 5.69 Å². The van der Waals surface area contributed by atoms with Crippen molar-refractivity contribution in [2.24, 2.45) is 0 Å². The lowest BCUT2D eigenvalue weighted by Gasteiger charge is -2.05. The van der Waals surface area contributed by atoms with Gasteiger partial charge >= 0.3 is 0 Å². The molecule has 0 radical (unpaired) electrons. The molecule has 2 heteroatoms. The van der Waals surface area contributed by atoms with Crippen LogP contribution in [-0.2, 0) is 12.8 Å². The van der Waals surface area contributed by atoms with E-state index < -0.39 is 0 Å². The molecule has 0 spiro atoms. The zero-order chi connectivity index (χ0) is 12.8. The second-order valence-electron chi connectivity index (χ2n) is 4.64. The quantitative estimate of drug-likeness (QED) is 0.867. The van der Waals surface area contributed by atoms with Crippen molar-refractivity contribution in [2.75, 3.05) is 5.73 Å². The summed E-state index contributed by atoms with van der Waals surface area (Å²) in [4.78, 5) is 4.32. The number of aryl methyl sites for hydroxylation is 1. The Morgan fingerprint density at radius 2 is 1.78 bits per heavy atom. The molecular formula is C16H20N2. The molecular weight excluding hydrogens is 220 g/mol. The van der Waals surface area contributed by atoms with Gasteiger partial charge in [-0.25, -0.2) is 0 Å². The van der Waals surface area contributed by atoms with Crippen LogP contribution in [0, 0.1) is 0 Å². The summed E-state index contributed by atoms with van der Waals surface area (Å²) in [7, 11) is 0. The molecule has 18 heavy (non-hydrogen) atoms. The molecule has 1 heterocycles. The van der Waals surface area contributed by atoms with E-state index in [4.69, 9.17) is 5.73 Å². The summed E-state index contributed by atoms with van der Waals surface area (Å²) in [5.41, 5.74) is 10.3. The number of rotatable bonds is 5. The first-order valence-corrected chi connectivity index (χ1v) is 6.56. The highest BCUT2D eigenvalue weighted by Crippen LogP contribution is 2.14. The number of unbranched alkanes of at least 4 members (excludes halogenated alkanes) is 1. The van der Waals surface area contributed by atoms with Crippen LogP contribution in [0.15, 0.2) is 42.6 Å². The van der Waals surface area contributed by atoms with Crippen LogP contribution in [0.25, 0.3) is 0 Å². The molecule has 0 aliphatic carbocycles. The van der Waals surface area contributed by atoms with Gasteiger partial charge in [-0.2, -0.15) is 0 Å². The number of pyridine rings is 1. The SMILES string of the molecule is CCCCc1ccc(Cc2ncccc2N)cc1. The molecule has 0 aliphatic heterocycles. The average molecular weight is 240 g/mol. The maximum Gasteiger partial charge on any atom is 0.0676 e. The van der Waals surface area contributed by atoms with Crippen molar-refractivity contribution < 1.29 is 0 Å². The maximum absolute atomic E-state index is 5.90. The van der Waals surface area contributed by atoms with E-state index in [1.165, 1.54) is 30.4 Å². The third kappa shape index (κ3) is 3.33. The average Bonchev–Trinajstić information content (AvgIpc) is 2.41. The molecule has 2 rings (SSSR count). The van der Waals surface area contributed by atoms with Crippen LogP contribution in [0.2, 0.25) is 0 Å². The van der Waals surface area contributed by atoms with E-state index in [2.05, 4.69) is 36.2 Å². The monoisotopic (exact) mass is 240 g/mol. The van der Waals surface area contributed by atoms with Crippen molar-refractivity contribution in [1.29, 1.82) is 0 Å². The summed E-state index contributed by atoms with van der Waals surface area (Å²) in [5.74, 6) is 0. The van der Waals surface area contributed by atoms with E-state index in [1.807, 2.05) is 12.1 Å². The molecule has 0 saturated heterocycles. The highest BCUT2D eigenvalue weighted by molar-refractivity contribution is 5.44. The first-order valence-electron chi connectivity index (χ1n) is 6.56. The van der Waals surface area contributed by atoms with Crippen molar-refractivity contribution in [1.82, 2.24) is 4.98 Å². The van der Waals surface area contributed by atoms with Gasteiger partial charge in [0.1, 0.15) is 0 Å². The molecule has 0 bridgehead atoms.